The number of hydrogen-bond acceptors (Lipinski definition) is 7. The van der Waals surface area contributed by atoms with E-state index in [0.29, 0.717) is 16.9 Å². The summed E-state index contributed by atoms with van der Waals surface area (Å²) in [4.78, 5) is 33.2. The average molecular weight is 540 g/mol. The minimum atomic E-state index is -3.89. The molecule has 0 saturated heterocycles. The van der Waals surface area contributed by atoms with Gasteiger partial charge in [-0.05, 0) is 34.1 Å². The summed E-state index contributed by atoms with van der Waals surface area (Å²) in [6.07, 6.45) is 1.39. The van der Waals surface area contributed by atoms with Crippen LogP contribution in [0.5, 0.6) is 5.75 Å². The van der Waals surface area contributed by atoms with Crippen molar-refractivity contribution in [2.24, 2.45) is 10.9 Å². The molecule has 160 valence electrons. The van der Waals surface area contributed by atoms with Crippen LogP contribution in [-0.4, -0.2) is 24.9 Å². The number of amides is 1. The molecule has 1 aromatic carbocycles. The van der Waals surface area contributed by atoms with E-state index in [2.05, 4.69) is 20.9 Å². The zero-order valence-electron chi connectivity index (χ0n) is 14.7. The van der Waals surface area contributed by atoms with Crippen molar-refractivity contribution in [1.29, 1.82) is 0 Å². The maximum absolute atomic E-state index is 14.3. The molecule has 3 aromatic rings. The van der Waals surface area contributed by atoms with Gasteiger partial charge in [-0.15, -0.1) is 11.3 Å². The van der Waals surface area contributed by atoms with Gasteiger partial charge in [-0.1, -0.05) is 6.07 Å². The Hall–Kier alpha value is -1.60. The molecule has 6 N–H and O–H groups in total. The van der Waals surface area contributed by atoms with Crippen LogP contribution in [0.15, 0.2) is 40.0 Å². The fourth-order valence-corrected chi connectivity index (χ4v) is 5.59. The van der Waals surface area contributed by atoms with Crippen LogP contribution >= 0.6 is 35.6 Å². The summed E-state index contributed by atoms with van der Waals surface area (Å²) in [7, 11) is -5.32. The molecule has 1 unspecified atom stereocenters. The summed E-state index contributed by atoms with van der Waals surface area (Å²) < 4.78 is 45.6. The van der Waals surface area contributed by atoms with Gasteiger partial charge in [0.2, 0.25) is 14.3 Å². The van der Waals surface area contributed by atoms with Gasteiger partial charge in [0.1, 0.15) is 28.4 Å². The highest BCUT2D eigenvalue weighted by molar-refractivity contribution is 9.10. The lowest BCUT2D eigenvalue weighted by Crippen LogP contribution is -2.11. The van der Waals surface area contributed by atoms with Crippen LogP contribution in [0.4, 0.5) is 8.78 Å². The summed E-state index contributed by atoms with van der Waals surface area (Å²) in [6.45, 7) is -0.0459. The summed E-state index contributed by atoms with van der Waals surface area (Å²) in [5.41, 5.74) is 2.03. The Morgan fingerprint density at radius 2 is 2.07 bits per heavy atom. The Bertz CT molecular complexity index is 1140. The van der Waals surface area contributed by atoms with Crippen LogP contribution in [0.3, 0.4) is 0 Å². The maximum atomic E-state index is 14.3. The molecule has 8 nitrogen and oxygen atoms in total. The Morgan fingerprint density at radius 3 is 2.60 bits per heavy atom. The molecular weight excluding hydrogens is 527 g/mol. The Morgan fingerprint density at radius 1 is 1.37 bits per heavy atom. The number of fused-ring (bicyclic) bond motifs is 1. The van der Waals surface area contributed by atoms with E-state index in [0.717, 1.165) is 0 Å². The van der Waals surface area contributed by atoms with Crippen LogP contribution in [-0.2, 0) is 23.3 Å². The zero-order chi connectivity index (χ0) is 22.2. The Kier molecular flexibility index (Phi) is 6.82. The van der Waals surface area contributed by atoms with Gasteiger partial charge in [0, 0.05) is 27.2 Å². The number of benzene rings is 1. The molecule has 0 radical (unpaired) electrons. The normalized spacial score (nSPS) is 13.0. The van der Waals surface area contributed by atoms with Gasteiger partial charge in [0.05, 0.1) is 9.58 Å². The van der Waals surface area contributed by atoms with E-state index in [4.69, 9.17) is 25.4 Å². The molecule has 2 heterocycles. The lowest BCUT2D eigenvalue weighted by atomic mass is 10.1. The topological polar surface area (TPSA) is 149 Å². The number of hydrogen-bond donors (Lipinski definition) is 4. The van der Waals surface area contributed by atoms with Crippen molar-refractivity contribution in [3.05, 3.63) is 50.9 Å². The zero-order valence-corrected chi connectivity index (χ0v) is 18.8. The summed E-state index contributed by atoms with van der Waals surface area (Å²) in [6, 6.07) is 5.66. The lowest BCUT2D eigenvalue weighted by Gasteiger charge is -2.15. The third kappa shape index (κ3) is 4.52. The van der Waals surface area contributed by atoms with Crippen LogP contribution < -0.4 is 15.6 Å². The van der Waals surface area contributed by atoms with Crippen molar-refractivity contribution in [3.8, 4) is 5.75 Å². The molecule has 0 fully saturated rings. The van der Waals surface area contributed by atoms with Crippen LogP contribution in [0.2, 0.25) is 0 Å². The monoisotopic (exact) mass is 539 g/mol. The molecule has 0 bridgehead atoms. The predicted molar refractivity (Wildman–Crippen MR) is 112 cm³/mol. The van der Waals surface area contributed by atoms with Crippen molar-refractivity contribution >= 4 is 62.6 Å². The van der Waals surface area contributed by atoms with Crippen LogP contribution in [0.25, 0.3) is 10.1 Å². The minimum absolute atomic E-state index is 0.0214. The molecule has 0 spiro atoms. The van der Waals surface area contributed by atoms with Crippen molar-refractivity contribution in [3.63, 3.8) is 0 Å². The van der Waals surface area contributed by atoms with E-state index in [1.807, 2.05) is 0 Å². The third-order valence-corrected chi connectivity index (χ3v) is 7.81. The van der Waals surface area contributed by atoms with Gasteiger partial charge in [-0.25, -0.2) is 14.3 Å². The molecular formula is C16H13BrF2N3O5PS2. The number of pyridine rings is 1. The molecule has 0 aliphatic heterocycles. The first kappa shape index (κ1) is 23.1. The molecule has 2 aromatic heterocycles. The Balaban J connectivity index is 2.04. The fraction of sp³-hybridized carbons (Fsp3) is 0.125. The Labute approximate surface area is 184 Å². The summed E-state index contributed by atoms with van der Waals surface area (Å²) >= 11 is 3.65. The van der Waals surface area contributed by atoms with Crippen molar-refractivity contribution in [2.45, 2.75) is 17.3 Å². The van der Waals surface area contributed by atoms with E-state index in [-0.39, 0.29) is 37.5 Å². The first-order valence-corrected chi connectivity index (χ1v) is 12.0. The number of alkyl halides is 2. The number of rotatable bonds is 7. The second-order valence-electron chi connectivity index (χ2n) is 5.88. The number of carbonyl (C=O) groups is 1. The summed E-state index contributed by atoms with van der Waals surface area (Å²) in [5.74, 6) is -0.697. The smallest absolute Gasteiger partial charge is 0.349 e. The van der Waals surface area contributed by atoms with Crippen molar-refractivity contribution in [2.75, 3.05) is 0 Å². The van der Waals surface area contributed by atoms with E-state index >= 15 is 0 Å². The number of nitrogens with two attached hydrogens (primary N) is 2. The standard InChI is InChI=1S/C16H13BrF2N3O5PS2/c17-12-9-3-8(15(20)23)4-10(13(9)29-14(12)16(18,19)28(24)25)27-6-7-1-2-11(22-5-7)30(21)26/h1-5,24-25H,6,21H2,(H2,20,23). The number of thiophene rings is 1. The van der Waals surface area contributed by atoms with E-state index in [1.165, 1.54) is 24.4 Å². The number of carbonyl (C=O) groups excluding carboxylic acids is 1. The van der Waals surface area contributed by atoms with Crippen molar-refractivity contribution in [1.82, 2.24) is 4.98 Å². The van der Waals surface area contributed by atoms with E-state index < -0.39 is 35.8 Å². The average Bonchev–Trinajstić information content (AvgIpc) is 3.03. The molecule has 14 heteroatoms. The van der Waals surface area contributed by atoms with Gasteiger partial charge in [-0.2, -0.15) is 8.78 Å². The van der Waals surface area contributed by atoms with Gasteiger partial charge < -0.3 is 20.3 Å². The summed E-state index contributed by atoms with van der Waals surface area (Å²) in [5, 5.41) is 5.63. The highest BCUT2D eigenvalue weighted by atomic mass is 79.9. The predicted octanol–water partition coefficient (Wildman–Crippen LogP) is 3.06. The number of ether oxygens (including phenoxy) is 1. The lowest BCUT2D eigenvalue weighted by molar-refractivity contribution is 0.0766. The molecule has 0 aliphatic rings. The van der Waals surface area contributed by atoms with E-state index in [1.54, 1.807) is 6.07 Å². The third-order valence-electron chi connectivity index (χ3n) is 3.90. The molecule has 1 atom stereocenters. The number of halogens is 3. The number of aromatic nitrogens is 1. The van der Waals surface area contributed by atoms with Crippen LogP contribution in [0.1, 0.15) is 20.8 Å². The van der Waals surface area contributed by atoms with Crippen molar-refractivity contribution < 1.29 is 32.3 Å². The number of nitrogens with zero attached hydrogens (tertiary/aromatic N) is 1. The largest absolute Gasteiger partial charge is 0.487 e. The fourth-order valence-electron chi connectivity index (χ4n) is 2.45. The van der Waals surface area contributed by atoms with E-state index in [9.17, 15) is 17.8 Å². The minimum Gasteiger partial charge on any atom is -0.487 e. The number of primary amides is 1. The van der Waals surface area contributed by atoms with Gasteiger partial charge in [-0.3, -0.25) is 4.79 Å². The maximum Gasteiger partial charge on any atom is 0.349 e. The van der Waals surface area contributed by atoms with Crippen LogP contribution in [0, 0.1) is 0 Å². The molecule has 30 heavy (non-hydrogen) atoms. The molecule has 0 saturated carbocycles. The van der Waals surface area contributed by atoms with Gasteiger partial charge >= 0.3 is 5.66 Å². The second-order valence-corrected chi connectivity index (χ2v) is 9.85. The van der Waals surface area contributed by atoms with Gasteiger partial charge in [0.25, 0.3) is 0 Å². The molecule has 0 aliphatic carbocycles. The highest BCUT2D eigenvalue weighted by Gasteiger charge is 2.45. The SMILES string of the molecule is NC(=O)c1cc(OCc2ccc(S(N)=O)nc2)c2sc(C(F)(F)P(O)O)c(Br)c2c1. The first-order chi connectivity index (χ1) is 14.0. The highest BCUT2D eigenvalue weighted by Crippen LogP contribution is 2.58. The van der Waals surface area contributed by atoms with Gasteiger partial charge in [0.15, 0.2) is 0 Å². The molecule has 1 amide bonds. The molecule has 3 rings (SSSR count). The second kappa shape index (κ2) is 8.87. The first-order valence-electron chi connectivity index (χ1n) is 7.88. The quantitative estimate of drug-likeness (QED) is 0.339.